The molecule has 46 heavy (non-hydrogen) atoms. The normalized spacial score (nSPS) is 24.5. The van der Waals surface area contributed by atoms with Gasteiger partial charge >= 0.3 is 12.2 Å². The highest BCUT2D eigenvalue weighted by Gasteiger charge is 2.46. The lowest BCUT2D eigenvalue weighted by atomic mass is 9.99. The number of likely N-dealkylation sites (tertiary alicyclic amines) is 1. The predicted octanol–water partition coefficient (Wildman–Crippen LogP) is 5.60. The van der Waals surface area contributed by atoms with E-state index in [0.29, 0.717) is 30.9 Å². The molecule has 0 spiro atoms. The molecule has 0 amide bonds. The van der Waals surface area contributed by atoms with E-state index in [4.69, 9.17) is 31.8 Å². The number of benzene rings is 1. The number of aryl methyl sites for hydroxylation is 1. The highest BCUT2D eigenvalue weighted by molar-refractivity contribution is 6.34. The number of hydrogen-bond donors (Lipinski definition) is 2. The van der Waals surface area contributed by atoms with Gasteiger partial charge in [-0.25, -0.2) is 9.37 Å². The van der Waals surface area contributed by atoms with Crippen molar-refractivity contribution < 1.29 is 27.0 Å². The molecule has 2 bridgehead atoms. The number of halogens is 5. The number of hydrogen-bond acceptors (Lipinski definition) is 9. The first-order valence-electron chi connectivity index (χ1n) is 15.9. The smallest absolute Gasteiger partial charge is 0.418 e. The van der Waals surface area contributed by atoms with Gasteiger partial charge in [-0.15, -0.1) is 0 Å². The lowest BCUT2D eigenvalue weighted by molar-refractivity contribution is -0.137. The first-order valence-corrected chi connectivity index (χ1v) is 16.2. The molecular formula is C32H38ClF4N7O2. The minimum atomic E-state index is -4.83. The van der Waals surface area contributed by atoms with Crippen LogP contribution in [0.1, 0.15) is 49.7 Å². The van der Waals surface area contributed by atoms with Gasteiger partial charge in [-0.3, -0.25) is 0 Å². The van der Waals surface area contributed by atoms with Crippen LogP contribution in [0, 0.1) is 18.2 Å². The number of anilines is 2. The van der Waals surface area contributed by atoms with Gasteiger partial charge in [0.2, 0.25) is 0 Å². The molecule has 4 aliphatic rings. The fraction of sp³-hybridized carbons (Fsp3) is 0.594. The second kappa shape index (κ2) is 11.9. The van der Waals surface area contributed by atoms with Crippen molar-refractivity contribution in [3.63, 3.8) is 0 Å². The molecular weight excluding hydrogens is 626 g/mol. The van der Waals surface area contributed by atoms with Gasteiger partial charge in [0.05, 0.1) is 34.6 Å². The van der Waals surface area contributed by atoms with E-state index < -0.39 is 28.8 Å². The number of piperazine rings is 1. The molecule has 1 saturated carbocycles. The van der Waals surface area contributed by atoms with Crippen molar-refractivity contribution in [2.45, 2.75) is 69.8 Å². The minimum Gasteiger partial charge on any atom is -0.463 e. The zero-order valence-electron chi connectivity index (χ0n) is 25.9. The second-order valence-electron chi connectivity index (χ2n) is 13.4. The maximum atomic E-state index is 16.7. The van der Waals surface area contributed by atoms with Crippen molar-refractivity contribution in [2.24, 2.45) is 5.41 Å². The number of nitrogens with two attached hydrogens (primary N) is 1. The molecule has 0 radical (unpaired) electrons. The lowest BCUT2D eigenvalue weighted by Gasteiger charge is -2.35. The number of aromatic nitrogens is 3. The van der Waals surface area contributed by atoms with E-state index in [0.717, 1.165) is 64.2 Å². The van der Waals surface area contributed by atoms with Crippen LogP contribution in [-0.4, -0.2) is 84.5 Å². The summed E-state index contributed by atoms with van der Waals surface area (Å²) in [7, 11) is 1.74. The summed E-state index contributed by atoms with van der Waals surface area (Å²) in [5.74, 6) is -0.764. The largest absolute Gasteiger partial charge is 0.463 e. The molecule has 1 aromatic carbocycles. The standard InChI is InChI=1S/C32H38ClF4N7O2/c1-17-10-23(38)40-28(25(17)32(35,36)37)24-22(33)11-21-27(26(24)34)41-30(42-29(21)44-12-18-5-6-19(13-44)39-18)46-16-31(7-8-31)15-43-9-3-4-20(14-43)45-2/h10-11,18-20,39H,3-9,12-16H2,1-2H3,(H2,38,40)/t18?,19?,20-/m1/s1. The maximum Gasteiger partial charge on any atom is 0.418 e. The Morgan fingerprint density at radius 3 is 2.50 bits per heavy atom. The van der Waals surface area contributed by atoms with Gasteiger partial charge in [0.15, 0.2) is 5.82 Å². The van der Waals surface area contributed by atoms with Gasteiger partial charge < -0.3 is 30.3 Å². The Labute approximate surface area is 269 Å². The van der Waals surface area contributed by atoms with E-state index in [1.54, 1.807) is 7.11 Å². The SMILES string of the molecule is CO[C@@H]1CCCN(CC2(COc3nc(N4CC5CCC(C4)N5)c4cc(Cl)c(-c5nc(N)cc(C)c5C(F)(F)F)c(F)c4n3)CC2)C1. The van der Waals surface area contributed by atoms with Crippen LogP contribution in [0.2, 0.25) is 5.02 Å². The quantitative estimate of drug-likeness (QED) is 0.298. The zero-order chi connectivity index (χ0) is 32.4. The van der Waals surface area contributed by atoms with Crippen molar-refractivity contribution in [3.8, 4) is 17.3 Å². The van der Waals surface area contributed by atoms with Crippen LogP contribution in [0.5, 0.6) is 6.01 Å². The van der Waals surface area contributed by atoms with Crippen molar-refractivity contribution >= 4 is 34.1 Å². The van der Waals surface area contributed by atoms with Crippen LogP contribution >= 0.6 is 11.6 Å². The van der Waals surface area contributed by atoms with E-state index >= 15 is 4.39 Å². The van der Waals surface area contributed by atoms with Gasteiger partial charge in [-0.2, -0.15) is 23.1 Å². The molecule has 4 fully saturated rings. The number of nitrogens with one attached hydrogen (secondary N) is 1. The highest BCUT2D eigenvalue weighted by Crippen LogP contribution is 2.48. The van der Waals surface area contributed by atoms with Crippen LogP contribution in [0.4, 0.5) is 29.2 Å². The monoisotopic (exact) mass is 663 g/mol. The second-order valence-corrected chi connectivity index (χ2v) is 13.8. The Bertz CT molecular complexity index is 1640. The van der Waals surface area contributed by atoms with Crippen LogP contribution in [0.15, 0.2) is 12.1 Å². The van der Waals surface area contributed by atoms with Crippen molar-refractivity contribution in [1.29, 1.82) is 0 Å². The van der Waals surface area contributed by atoms with E-state index in [-0.39, 0.29) is 51.5 Å². The third-order valence-corrected chi connectivity index (χ3v) is 10.2. The van der Waals surface area contributed by atoms with E-state index in [9.17, 15) is 13.2 Å². The number of nitrogens with zero attached hydrogens (tertiary/aromatic N) is 5. The Morgan fingerprint density at radius 2 is 1.83 bits per heavy atom. The fourth-order valence-electron chi connectivity index (χ4n) is 7.46. The molecule has 248 valence electrons. The molecule has 2 aromatic heterocycles. The number of alkyl halides is 3. The number of nitrogen functional groups attached to an aromatic ring is 1. The lowest BCUT2D eigenvalue weighted by Crippen LogP contribution is -2.51. The fourth-order valence-corrected chi connectivity index (χ4v) is 7.74. The number of ether oxygens (including phenoxy) is 2. The Hall–Kier alpha value is -3.00. The molecule has 3 saturated heterocycles. The number of piperidine rings is 1. The first kappa shape index (κ1) is 31.6. The summed E-state index contributed by atoms with van der Waals surface area (Å²) >= 11 is 6.61. The van der Waals surface area contributed by atoms with Crippen LogP contribution < -0.4 is 20.7 Å². The first-order chi connectivity index (χ1) is 21.9. The predicted molar refractivity (Wildman–Crippen MR) is 168 cm³/mol. The van der Waals surface area contributed by atoms with Crippen molar-refractivity contribution in [2.75, 3.05) is 57.1 Å². The molecule has 2 unspecified atom stereocenters. The summed E-state index contributed by atoms with van der Waals surface area (Å²) < 4.78 is 71.3. The molecule has 5 heterocycles. The molecule has 7 rings (SSSR count). The summed E-state index contributed by atoms with van der Waals surface area (Å²) in [5, 5.41) is 3.64. The zero-order valence-corrected chi connectivity index (χ0v) is 26.6. The van der Waals surface area contributed by atoms with Crippen LogP contribution in [0.25, 0.3) is 22.2 Å². The van der Waals surface area contributed by atoms with Gasteiger partial charge in [-0.1, -0.05) is 11.6 Å². The van der Waals surface area contributed by atoms with E-state index in [2.05, 4.69) is 25.1 Å². The third-order valence-electron chi connectivity index (χ3n) is 9.93. The summed E-state index contributed by atoms with van der Waals surface area (Å²) in [4.78, 5) is 17.7. The number of rotatable bonds is 8. The van der Waals surface area contributed by atoms with Gasteiger partial charge in [0, 0.05) is 56.2 Å². The third kappa shape index (κ3) is 6.07. The molecule has 3 aliphatic heterocycles. The summed E-state index contributed by atoms with van der Waals surface area (Å²) in [5.41, 5.74) is 3.13. The summed E-state index contributed by atoms with van der Waals surface area (Å²) in [6, 6.07) is 3.02. The number of fused-ring (bicyclic) bond motifs is 3. The van der Waals surface area contributed by atoms with E-state index in [1.165, 1.54) is 13.0 Å². The summed E-state index contributed by atoms with van der Waals surface area (Å²) in [6.07, 6.45) is 1.49. The Kier molecular flexibility index (Phi) is 8.18. The average molecular weight is 664 g/mol. The topological polar surface area (TPSA) is 102 Å². The van der Waals surface area contributed by atoms with Crippen molar-refractivity contribution in [3.05, 3.63) is 34.1 Å². The molecule has 3 aromatic rings. The molecule has 14 heteroatoms. The molecule has 3 N–H and O–H groups in total. The van der Waals surface area contributed by atoms with Gasteiger partial charge in [0.25, 0.3) is 0 Å². The maximum absolute atomic E-state index is 16.7. The minimum absolute atomic E-state index is 0.0204. The number of pyridine rings is 1. The van der Waals surface area contributed by atoms with Gasteiger partial charge in [0.1, 0.15) is 17.2 Å². The molecule has 3 atom stereocenters. The summed E-state index contributed by atoms with van der Waals surface area (Å²) in [6.45, 7) is 5.59. The van der Waals surface area contributed by atoms with Gasteiger partial charge in [-0.05, 0) is 69.7 Å². The average Bonchev–Trinajstić information content (AvgIpc) is 3.68. The van der Waals surface area contributed by atoms with Crippen LogP contribution in [-0.2, 0) is 10.9 Å². The van der Waals surface area contributed by atoms with Crippen molar-refractivity contribution in [1.82, 2.24) is 25.2 Å². The number of methoxy groups -OCH3 is 1. The molecule has 1 aliphatic carbocycles. The Morgan fingerprint density at radius 1 is 1.09 bits per heavy atom. The Balaban J connectivity index is 1.29. The van der Waals surface area contributed by atoms with Crippen LogP contribution in [0.3, 0.4) is 0 Å². The molecule has 9 nitrogen and oxygen atoms in total. The van der Waals surface area contributed by atoms with E-state index in [1.807, 2.05) is 0 Å². The highest BCUT2D eigenvalue weighted by atomic mass is 35.5.